The van der Waals surface area contributed by atoms with Crippen LogP contribution in [0.4, 0.5) is 11.4 Å². The third kappa shape index (κ3) is 5.44. The summed E-state index contributed by atoms with van der Waals surface area (Å²) in [4.78, 5) is 10.5. The van der Waals surface area contributed by atoms with Crippen LogP contribution in [0.25, 0.3) is 0 Å². The molecule has 112 valence electrons. The normalized spacial score (nSPS) is 12.2. The molecule has 0 bridgehead atoms. The van der Waals surface area contributed by atoms with Crippen molar-refractivity contribution in [1.82, 2.24) is 5.32 Å². The largest absolute Gasteiger partial charge is 0.491 e. The number of rotatable bonds is 8. The lowest BCUT2D eigenvalue weighted by Gasteiger charge is -2.15. The van der Waals surface area contributed by atoms with Gasteiger partial charge in [-0.2, -0.15) is 0 Å². The first-order valence-corrected chi connectivity index (χ1v) is 6.77. The van der Waals surface area contributed by atoms with Gasteiger partial charge in [0.05, 0.1) is 17.1 Å². The van der Waals surface area contributed by atoms with Crippen LogP contribution in [0.2, 0.25) is 0 Å². The Bertz CT molecular complexity index is 449. The first-order chi connectivity index (χ1) is 9.42. The molecule has 0 radical (unpaired) electrons. The van der Waals surface area contributed by atoms with E-state index in [0.717, 1.165) is 13.1 Å². The third-order valence-corrected chi connectivity index (χ3v) is 2.68. The average Bonchev–Trinajstić information content (AvgIpc) is 2.35. The molecule has 0 aliphatic rings. The van der Waals surface area contributed by atoms with Crippen LogP contribution in [-0.4, -0.2) is 31.2 Å². The SMILES string of the molecule is CNCC(C)CNc1cc(OC(C)C)cc([N+](=O)[O-])c1. The second kappa shape index (κ2) is 7.69. The molecule has 1 aromatic rings. The lowest BCUT2D eigenvalue weighted by molar-refractivity contribution is -0.384. The monoisotopic (exact) mass is 281 g/mol. The molecule has 0 aromatic heterocycles. The summed E-state index contributed by atoms with van der Waals surface area (Å²) in [5, 5.41) is 17.3. The summed E-state index contributed by atoms with van der Waals surface area (Å²) in [6, 6.07) is 4.76. The Morgan fingerprint density at radius 1 is 1.25 bits per heavy atom. The van der Waals surface area contributed by atoms with Crippen LogP contribution in [0, 0.1) is 16.0 Å². The van der Waals surface area contributed by atoms with Crippen LogP contribution in [0.15, 0.2) is 18.2 Å². The predicted molar refractivity (Wildman–Crippen MR) is 80.4 cm³/mol. The lowest BCUT2D eigenvalue weighted by atomic mass is 10.1. The van der Waals surface area contributed by atoms with E-state index >= 15 is 0 Å². The molecule has 0 fully saturated rings. The van der Waals surface area contributed by atoms with Crippen LogP contribution in [0.1, 0.15) is 20.8 Å². The van der Waals surface area contributed by atoms with Gasteiger partial charge in [0.15, 0.2) is 0 Å². The Kier molecular flexibility index (Phi) is 6.24. The van der Waals surface area contributed by atoms with Gasteiger partial charge < -0.3 is 15.4 Å². The van der Waals surface area contributed by atoms with Gasteiger partial charge in [-0.1, -0.05) is 6.92 Å². The number of nitro benzene ring substituents is 1. The summed E-state index contributed by atoms with van der Waals surface area (Å²) >= 11 is 0. The van der Waals surface area contributed by atoms with Crippen LogP contribution in [0.5, 0.6) is 5.75 Å². The highest BCUT2D eigenvalue weighted by molar-refractivity contribution is 5.56. The van der Waals surface area contributed by atoms with E-state index < -0.39 is 4.92 Å². The van der Waals surface area contributed by atoms with Crippen molar-refractivity contribution in [2.45, 2.75) is 26.9 Å². The van der Waals surface area contributed by atoms with E-state index in [4.69, 9.17) is 4.74 Å². The van der Waals surface area contributed by atoms with Crippen molar-refractivity contribution in [3.05, 3.63) is 28.3 Å². The minimum absolute atomic E-state index is 0.0203. The van der Waals surface area contributed by atoms with Crippen molar-refractivity contribution >= 4 is 11.4 Å². The van der Waals surface area contributed by atoms with Crippen LogP contribution in [0.3, 0.4) is 0 Å². The third-order valence-electron chi connectivity index (χ3n) is 2.68. The molecule has 0 saturated heterocycles. The number of hydrogen-bond donors (Lipinski definition) is 2. The molecule has 6 nitrogen and oxygen atoms in total. The van der Waals surface area contributed by atoms with Gasteiger partial charge in [-0.15, -0.1) is 0 Å². The number of nitrogens with one attached hydrogen (secondary N) is 2. The minimum atomic E-state index is -0.407. The fourth-order valence-electron chi connectivity index (χ4n) is 1.84. The Labute approximate surface area is 119 Å². The zero-order valence-corrected chi connectivity index (χ0v) is 12.5. The molecule has 0 heterocycles. The van der Waals surface area contributed by atoms with Crippen molar-refractivity contribution in [3.8, 4) is 5.75 Å². The highest BCUT2D eigenvalue weighted by Gasteiger charge is 2.12. The number of hydrogen-bond acceptors (Lipinski definition) is 5. The summed E-state index contributed by atoms with van der Waals surface area (Å²) in [6.07, 6.45) is -0.0203. The zero-order valence-electron chi connectivity index (χ0n) is 12.5. The van der Waals surface area contributed by atoms with E-state index in [-0.39, 0.29) is 11.8 Å². The van der Waals surface area contributed by atoms with E-state index in [1.165, 1.54) is 12.1 Å². The number of nitro groups is 1. The van der Waals surface area contributed by atoms with Gasteiger partial charge in [-0.25, -0.2) is 0 Å². The second-order valence-corrected chi connectivity index (χ2v) is 5.18. The van der Waals surface area contributed by atoms with Crippen molar-refractivity contribution in [1.29, 1.82) is 0 Å². The Hall–Kier alpha value is -1.82. The molecule has 1 rings (SSSR count). The van der Waals surface area contributed by atoms with Crippen molar-refractivity contribution < 1.29 is 9.66 Å². The molecule has 6 heteroatoms. The van der Waals surface area contributed by atoms with Gasteiger partial charge in [-0.05, 0) is 33.4 Å². The zero-order chi connectivity index (χ0) is 15.1. The Morgan fingerprint density at radius 3 is 2.50 bits per heavy atom. The van der Waals surface area contributed by atoms with Gasteiger partial charge in [-0.3, -0.25) is 10.1 Å². The number of nitrogens with zero attached hydrogens (tertiary/aromatic N) is 1. The minimum Gasteiger partial charge on any atom is -0.491 e. The molecule has 1 unspecified atom stereocenters. The topological polar surface area (TPSA) is 76.4 Å². The van der Waals surface area contributed by atoms with Crippen LogP contribution < -0.4 is 15.4 Å². The number of benzene rings is 1. The molecule has 1 atom stereocenters. The number of non-ortho nitro benzene ring substituents is 1. The molecule has 0 amide bonds. The highest BCUT2D eigenvalue weighted by atomic mass is 16.6. The van der Waals surface area contributed by atoms with Crippen molar-refractivity contribution in [2.75, 3.05) is 25.5 Å². The maximum absolute atomic E-state index is 10.9. The molecule has 0 aliphatic heterocycles. The summed E-state index contributed by atoms with van der Waals surface area (Å²) in [5.74, 6) is 0.937. The maximum Gasteiger partial charge on any atom is 0.275 e. The molecular weight excluding hydrogens is 258 g/mol. The lowest BCUT2D eigenvalue weighted by Crippen LogP contribution is -2.22. The van der Waals surface area contributed by atoms with E-state index in [2.05, 4.69) is 17.6 Å². The van der Waals surface area contributed by atoms with Gasteiger partial charge in [0.1, 0.15) is 5.75 Å². The van der Waals surface area contributed by atoms with Crippen LogP contribution >= 0.6 is 0 Å². The molecule has 2 N–H and O–H groups in total. The molecule has 0 aliphatic carbocycles. The molecule has 0 saturated carbocycles. The number of ether oxygens (including phenoxy) is 1. The first kappa shape index (κ1) is 16.2. The molecule has 0 spiro atoms. The Morgan fingerprint density at radius 2 is 1.95 bits per heavy atom. The second-order valence-electron chi connectivity index (χ2n) is 5.18. The summed E-state index contributed by atoms with van der Waals surface area (Å²) < 4.78 is 5.54. The predicted octanol–water partition coefficient (Wildman–Crippen LogP) is 2.65. The summed E-state index contributed by atoms with van der Waals surface area (Å²) in [6.45, 7) is 7.51. The molecular formula is C14H23N3O3. The standard InChI is InChI=1S/C14H23N3O3/c1-10(2)20-14-6-12(5-13(7-14)17(18)19)16-9-11(3)8-15-4/h5-7,10-11,15-16H,8-9H2,1-4H3. The van der Waals surface area contributed by atoms with E-state index in [9.17, 15) is 10.1 Å². The van der Waals surface area contributed by atoms with Crippen molar-refractivity contribution in [2.24, 2.45) is 5.92 Å². The van der Waals surface area contributed by atoms with Gasteiger partial charge in [0, 0.05) is 24.4 Å². The maximum atomic E-state index is 10.9. The summed E-state index contributed by atoms with van der Waals surface area (Å²) in [7, 11) is 1.90. The van der Waals surface area contributed by atoms with E-state index in [1.54, 1.807) is 6.07 Å². The molecule has 1 aromatic carbocycles. The fraction of sp³-hybridized carbons (Fsp3) is 0.571. The molecule has 20 heavy (non-hydrogen) atoms. The fourth-order valence-corrected chi connectivity index (χ4v) is 1.84. The highest BCUT2D eigenvalue weighted by Crippen LogP contribution is 2.26. The van der Waals surface area contributed by atoms with Crippen LogP contribution in [-0.2, 0) is 0 Å². The average molecular weight is 281 g/mol. The summed E-state index contributed by atoms with van der Waals surface area (Å²) in [5.41, 5.74) is 0.740. The van der Waals surface area contributed by atoms with Gasteiger partial charge >= 0.3 is 0 Å². The van der Waals surface area contributed by atoms with E-state index in [0.29, 0.717) is 17.4 Å². The van der Waals surface area contributed by atoms with Gasteiger partial charge in [0.25, 0.3) is 5.69 Å². The van der Waals surface area contributed by atoms with Crippen molar-refractivity contribution in [3.63, 3.8) is 0 Å². The number of anilines is 1. The smallest absolute Gasteiger partial charge is 0.275 e. The quantitative estimate of drug-likeness (QED) is 0.566. The van der Waals surface area contributed by atoms with Gasteiger partial charge in [0.2, 0.25) is 0 Å². The Balaban J connectivity index is 2.83. The van der Waals surface area contributed by atoms with E-state index in [1.807, 2.05) is 20.9 Å². The first-order valence-electron chi connectivity index (χ1n) is 6.77.